The fourth-order valence-electron chi connectivity index (χ4n) is 1.73. The number of carboxylic acid groups (broad SMARTS) is 1. The molecule has 1 aromatic heterocycles. The van der Waals surface area contributed by atoms with Crippen molar-refractivity contribution in [2.75, 3.05) is 5.32 Å². The van der Waals surface area contributed by atoms with Crippen LogP contribution in [0.1, 0.15) is 21.7 Å². The van der Waals surface area contributed by atoms with E-state index in [4.69, 9.17) is 5.11 Å². The van der Waals surface area contributed by atoms with Crippen LogP contribution in [0.4, 0.5) is 11.5 Å². The molecular formula is C13H13N3O2. The zero-order valence-corrected chi connectivity index (χ0v) is 10.1. The average molecular weight is 243 g/mol. The van der Waals surface area contributed by atoms with Crippen molar-refractivity contribution < 1.29 is 9.90 Å². The Balaban J connectivity index is 2.28. The zero-order chi connectivity index (χ0) is 13.1. The molecule has 0 atom stereocenters. The van der Waals surface area contributed by atoms with Gasteiger partial charge >= 0.3 is 5.97 Å². The molecule has 0 amide bonds. The molecule has 1 heterocycles. The number of hydrogen-bond donors (Lipinski definition) is 2. The third kappa shape index (κ3) is 2.82. The van der Waals surface area contributed by atoms with E-state index in [1.165, 1.54) is 6.20 Å². The maximum Gasteiger partial charge on any atom is 0.374 e. The van der Waals surface area contributed by atoms with E-state index in [1.54, 1.807) is 6.07 Å². The highest BCUT2D eigenvalue weighted by atomic mass is 16.4. The third-order valence-electron chi connectivity index (χ3n) is 2.34. The molecule has 0 radical (unpaired) electrons. The number of anilines is 2. The van der Waals surface area contributed by atoms with Gasteiger partial charge in [-0.15, -0.1) is 0 Å². The van der Waals surface area contributed by atoms with Crippen LogP contribution < -0.4 is 5.32 Å². The van der Waals surface area contributed by atoms with Crippen LogP contribution in [0.3, 0.4) is 0 Å². The SMILES string of the molecule is Cc1cc(C)cc(Nc2ccnc(C(=O)O)n2)c1. The van der Waals surface area contributed by atoms with Crippen molar-refractivity contribution in [2.45, 2.75) is 13.8 Å². The van der Waals surface area contributed by atoms with E-state index in [9.17, 15) is 4.79 Å². The molecule has 5 heteroatoms. The van der Waals surface area contributed by atoms with Crippen LogP contribution in [0, 0.1) is 13.8 Å². The molecule has 2 aromatic rings. The highest BCUT2D eigenvalue weighted by Gasteiger charge is 2.07. The smallest absolute Gasteiger partial charge is 0.374 e. The predicted octanol–water partition coefficient (Wildman–Crippen LogP) is 2.54. The number of rotatable bonds is 3. The lowest BCUT2D eigenvalue weighted by Gasteiger charge is -2.08. The minimum Gasteiger partial charge on any atom is -0.475 e. The van der Waals surface area contributed by atoms with Gasteiger partial charge in [-0.3, -0.25) is 0 Å². The standard InChI is InChI=1S/C13H13N3O2/c1-8-5-9(2)7-10(6-8)15-11-3-4-14-12(16-11)13(17)18/h3-7H,1-2H3,(H,17,18)(H,14,15,16). The van der Waals surface area contributed by atoms with Crippen molar-refractivity contribution in [3.63, 3.8) is 0 Å². The van der Waals surface area contributed by atoms with Gasteiger partial charge in [-0.1, -0.05) is 6.07 Å². The number of nitrogens with one attached hydrogen (secondary N) is 1. The van der Waals surface area contributed by atoms with Gasteiger partial charge in [0.05, 0.1) is 0 Å². The van der Waals surface area contributed by atoms with Crippen LogP contribution in [0.15, 0.2) is 30.5 Å². The van der Waals surface area contributed by atoms with E-state index in [2.05, 4.69) is 21.4 Å². The van der Waals surface area contributed by atoms with Crippen LogP contribution in [0.2, 0.25) is 0 Å². The maximum atomic E-state index is 10.8. The van der Waals surface area contributed by atoms with Gasteiger partial charge in [0.15, 0.2) is 0 Å². The van der Waals surface area contributed by atoms with E-state index in [1.807, 2.05) is 26.0 Å². The third-order valence-corrected chi connectivity index (χ3v) is 2.34. The molecule has 0 aliphatic rings. The Bertz CT molecular complexity index is 576. The van der Waals surface area contributed by atoms with Crippen LogP contribution >= 0.6 is 0 Å². The molecule has 0 saturated carbocycles. The van der Waals surface area contributed by atoms with Crippen molar-refractivity contribution in [1.29, 1.82) is 0 Å². The van der Waals surface area contributed by atoms with Gasteiger partial charge in [-0.05, 0) is 43.2 Å². The molecule has 0 spiro atoms. The van der Waals surface area contributed by atoms with Crippen LogP contribution in [0.25, 0.3) is 0 Å². The lowest BCUT2D eigenvalue weighted by molar-refractivity contribution is 0.0683. The Labute approximate surface area is 105 Å². The van der Waals surface area contributed by atoms with Gasteiger partial charge in [0.2, 0.25) is 5.82 Å². The molecule has 0 fully saturated rings. The van der Waals surface area contributed by atoms with Crippen molar-refractivity contribution in [1.82, 2.24) is 9.97 Å². The summed E-state index contributed by atoms with van der Waals surface area (Å²) in [5, 5.41) is 11.9. The first-order valence-electron chi connectivity index (χ1n) is 5.46. The Hall–Kier alpha value is -2.43. The predicted molar refractivity (Wildman–Crippen MR) is 68.2 cm³/mol. The molecule has 0 bridgehead atoms. The molecule has 1 aromatic carbocycles. The quantitative estimate of drug-likeness (QED) is 0.866. The lowest BCUT2D eigenvalue weighted by Crippen LogP contribution is -2.05. The van der Waals surface area contributed by atoms with E-state index in [-0.39, 0.29) is 5.82 Å². The summed E-state index contributed by atoms with van der Waals surface area (Å²) in [5.41, 5.74) is 3.14. The summed E-state index contributed by atoms with van der Waals surface area (Å²) in [7, 11) is 0. The zero-order valence-electron chi connectivity index (χ0n) is 10.1. The number of aryl methyl sites for hydroxylation is 2. The number of nitrogens with zero attached hydrogens (tertiary/aromatic N) is 2. The fourth-order valence-corrected chi connectivity index (χ4v) is 1.73. The highest BCUT2D eigenvalue weighted by molar-refractivity contribution is 5.83. The molecule has 5 nitrogen and oxygen atoms in total. The number of carbonyl (C=O) groups is 1. The van der Waals surface area contributed by atoms with Crippen molar-refractivity contribution in [3.05, 3.63) is 47.4 Å². The average Bonchev–Trinajstić information content (AvgIpc) is 2.27. The summed E-state index contributed by atoms with van der Waals surface area (Å²) in [6.07, 6.45) is 1.42. The summed E-state index contributed by atoms with van der Waals surface area (Å²) < 4.78 is 0. The molecule has 18 heavy (non-hydrogen) atoms. The van der Waals surface area contributed by atoms with Crippen molar-refractivity contribution in [2.24, 2.45) is 0 Å². The van der Waals surface area contributed by atoms with E-state index >= 15 is 0 Å². The van der Waals surface area contributed by atoms with Crippen molar-refractivity contribution in [3.8, 4) is 0 Å². The van der Waals surface area contributed by atoms with Gasteiger partial charge in [-0.2, -0.15) is 0 Å². The number of hydrogen-bond acceptors (Lipinski definition) is 4. The molecule has 92 valence electrons. The summed E-state index contributed by atoms with van der Waals surface area (Å²) in [4.78, 5) is 18.3. The van der Waals surface area contributed by atoms with Gasteiger partial charge < -0.3 is 10.4 Å². The van der Waals surface area contributed by atoms with E-state index in [0.717, 1.165) is 16.8 Å². The first kappa shape index (κ1) is 12.0. The minimum atomic E-state index is -1.14. The first-order valence-corrected chi connectivity index (χ1v) is 5.46. The number of carboxylic acids is 1. The Morgan fingerprint density at radius 1 is 1.22 bits per heavy atom. The van der Waals surface area contributed by atoms with Crippen LogP contribution in [-0.4, -0.2) is 21.0 Å². The van der Waals surface area contributed by atoms with Gasteiger partial charge in [0.25, 0.3) is 0 Å². The molecule has 2 N–H and O–H groups in total. The Kier molecular flexibility index (Phi) is 3.23. The molecule has 0 unspecified atom stereocenters. The number of aromatic nitrogens is 2. The summed E-state index contributed by atoms with van der Waals surface area (Å²) in [6, 6.07) is 7.63. The first-order chi connectivity index (χ1) is 8.54. The normalized spacial score (nSPS) is 10.1. The maximum absolute atomic E-state index is 10.8. The van der Waals surface area contributed by atoms with Crippen molar-refractivity contribution >= 4 is 17.5 Å². The van der Waals surface area contributed by atoms with E-state index < -0.39 is 5.97 Å². The second-order valence-corrected chi connectivity index (χ2v) is 4.07. The second kappa shape index (κ2) is 4.83. The van der Waals surface area contributed by atoms with E-state index in [0.29, 0.717) is 5.82 Å². The molecule has 0 aliphatic heterocycles. The van der Waals surface area contributed by atoms with Crippen LogP contribution in [0.5, 0.6) is 0 Å². The van der Waals surface area contributed by atoms with Gasteiger partial charge in [0, 0.05) is 11.9 Å². The lowest BCUT2D eigenvalue weighted by atomic mass is 10.1. The second-order valence-electron chi connectivity index (χ2n) is 4.07. The molecule has 2 rings (SSSR count). The number of aromatic carboxylic acids is 1. The number of benzene rings is 1. The summed E-state index contributed by atoms with van der Waals surface area (Å²) >= 11 is 0. The monoisotopic (exact) mass is 243 g/mol. The minimum absolute atomic E-state index is 0.218. The fraction of sp³-hybridized carbons (Fsp3) is 0.154. The molecule has 0 aliphatic carbocycles. The Morgan fingerprint density at radius 3 is 2.50 bits per heavy atom. The van der Waals surface area contributed by atoms with Crippen LogP contribution in [-0.2, 0) is 0 Å². The van der Waals surface area contributed by atoms with Gasteiger partial charge in [0.1, 0.15) is 5.82 Å². The Morgan fingerprint density at radius 2 is 1.89 bits per heavy atom. The topological polar surface area (TPSA) is 75.1 Å². The highest BCUT2D eigenvalue weighted by Crippen LogP contribution is 2.17. The summed E-state index contributed by atoms with van der Waals surface area (Å²) in [6.45, 7) is 4.00. The van der Waals surface area contributed by atoms with Gasteiger partial charge in [-0.25, -0.2) is 14.8 Å². The summed E-state index contributed by atoms with van der Waals surface area (Å²) in [5.74, 6) is -0.893. The molecular weight excluding hydrogens is 230 g/mol. The molecule has 0 saturated heterocycles. The largest absolute Gasteiger partial charge is 0.475 e.